The molecule has 1 aromatic rings. The van der Waals surface area contributed by atoms with Gasteiger partial charge < -0.3 is 5.32 Å². The first-order chi connectivity index (χ1) is 11.0. The van der Waals surface area contributed by atoms with Gasteiger partial charge in [-0.1, -0.05) is 11.6 Å². The molecule has 5 nitrogen and oxygen atoms in total. The van der Waals surface area contributed by atoms with Crippen LogP contribution in [-0.2, 0) is 4.79 Å². The van der Waals surface area contributed by atoms with E-state index in [1.54, 1.807) is 19.2 Å². The Morgan fingerprint density at radius 1 is 1.29 bits per heavy atom. The lowest BCUT2D eigenvalue weighted by Gasteiger charge is -2.30. The van der Waals surface area contributed by atoms with E-state index in [1.165, 1.54) is 31.2 Å². The summed E-state index contributed by atoms with van der Waals surface area (Å²) in [5, 5.41) is 2.08. The third kappa shape index (κ3) is 2.98. The van der Waals surface area contributed by atoms with E-state index in [0.29, 0.717) is 5.02 Å². The summed E-state index contributed by atoms with van der Waals surface area (Å²) >= 11 is 5.69. The number of amides is 2. The van der Waals surface area contributed by atoms with Crippen molar-refractivity contribution in [3.8, 4) is 0 Å². The molecule has 1 aliphatic heterocycles. The first-order valence-electron chi connectivity index (χ1n) is 7.04. The quantitative estimate of drug-likeness (QED) is 0.899. The molecule has 1 heterocycles. The van der Waals surface area contributed by atoms with Crippen molar-refractivity contribution in [2.75, 3.05) is 0 Å². The van der Waals surface area contributed by atoms with Gasteiger partial charge in [0.25, 0.3) is 11.8 Å². The molecule has 0 aliphatic carbocycles. The Kier molecular flexibility index (Phi) is 4.63. The summed E-state index contributed by atoms with van der Waals surface area (Å²) in [5.74, 6) is -2.51. The molecule has 130 valence electrons. The van der Waals surface area contributed by atoms with Gasteiger partial charge in [-0.15, -0.1) is 0 Å². The van der Waals surface area contributed by atoms with Crippen LogP contribution in [0.2, 0.25) is 5.02 Å². The van der Waals surface area contributed by atoms with Crippen molar-refractivity contribution in [1.29, 1.82) is 0 Å². The molecule has 0 bridgehead atoms. The molecule has 0 fully saturated rings. The zero-order chi connectivity index (χ0) is 18.3. The van der Waals surface area contributed by atoms with Gasteiger partial charge in [0.1, 0.15) is 5.84 Å². The fourth-order valence-electron chi connectivity index (χ4n) is 2.45. The highest BCUT2D eigenvalue weighted by atomic mass is 35.5. The molecule has 2 rings (SSSR count). The zero-order valence-corrected chi connectivity index (χ0v) is 13.9. The number of rotatable bonds is 3. The highest BCUT2D eigenvalue weighted by Gasteiger charge is 2.66. The number of amidine groups is 1. The first kappa shape index (κ1) is 18.3. The third-order valence-electron chi connectivity index (χ3n) is 3.53. The lowest BCUT2D eigenvalue weighted by atomic mass is 10.1. The van der Waals surface area contributed by atoms with Crippen molar-refractivity contribution in [3.63, 3.8) is 0 Å². The van der Waals surface area contributed by atoms with E-state index in [9.17, 15) is 22.8 Å². The standard InChI is InChI=1S/C15H15ClF3N3O2/c1-8(2)22-9(3)20-14(13(22)24,15(17,18)19)21-12(23)10-4-6-11(16)7-5-10/h4-8H,1-3H3,(H,21,23). The number of carbonyl (C=O) groups is 2. The van der Waals surface area contributed by atoms with Crippen LogP contribution in [0.5, 0.6) is 0 Å². The zero-order valence-electron chi connectivity index (χ0n) is 13.1. The van der Waals surface area contributed by atoms with Crippen LogP contribution in [0.15, 0.2) is 29.3 Å². The van der Waals surface area contributed by atoms with Crippen LogP contribution in [0, 0.1) is 0 Å². The second-order valence-corrected chi connectivity index (χ2v) is 6.03. The number of hydrogen-bond donors (Lipinski definition) is 1. The van der Waals surface area contributed by atoms with Crippen molar-refractivity contribution >= 4 is 29.3 Å². The third-order valence-corrected chi connectivity index (χ3v) is 3.79. The smallest absolute Gasteiger partial charge is 0.312 e. The van der Waals surface area contributed by atoms with E-state index in [-0.39, 0.29) is 11.4 Å². The van der Waals surface area contributed by atoms with Gasteiger partial charge in [0.15, 0.2) is 0 Å². The van der Waals surface area contributed by atoms with Gasteiger partial charge in [0, 0.05) is 16.6 Å². The normalized spacial score (nSPS) is 21.2. The van der Waals surface area contributed by atoms with Crippen LogP contribution in [0.25, 0.3) is 0 Å². The summed E-state index contributed by atoms with van der Waals surface area (Å²) in [7, 11) is 0. The highest BCUT2D eigenvalue weighted by molar-refractivity contribution is 6.30. The van der Waals surface area contributed by atoms with Crippen molar-refractivity contribution in [2.45, 2.75) is 38.7 Å². The van der Waals surface area contributed by atoms with Gasteiger partial charge in [0.2, 0.25) is 0 Å². The summed E-state index contributed by atoms with van der Waals surface area (Å²) in [6.07, 6.45) is -5.09. The van der Waals surface area contributed by atoms with Gasteiger partial charge in [-0.2, -0.15) is 13.2 Å². The van der Waals surface area contributed by atoms with Gasteiger partial charge in [0.05, 0.1) is 0 Å². The predicted molar refractivity (Wildman–Crippen MR) is 82.8 cm³/mol. The van der Waals surface area contributed by atoms with E-state index in [4.69, 9.17) is 11.6 Å². The summed E-state index contributed by atoms with van der Waals surface area (Å²) in [6, 6.07) is 4.72. The summed E-state index contributed by atoms with van der Waals surface area (Å²) in [6.45, 7) is 4.41. The predicted octanol–water partition coefficient (Wildman–Crippen LogP) is 3.00. The number of carbonyl (C=O) groups excluding carboxylic acids is 2. The fraction of sp³-hybridized carbons (Fsp3) is 0.400. The maximum absolute atomic E-state index is 13.6. The molecule has 1 unspecified atom stereocenters. The number of aliphatic imine (C=N–C) groups is 1. The van der Waals surface area contributed by atoms with E-state index in [1.807, 2.05) is 0 Å². The molecule has 0 spiro atoms. The van der Waals surface area contributed by atoms with Crippen LogP contribution in [0.3, 0.4) is 0 Å². The van der Waals surface area contributed by atoms with Crippen LogP contribution < -0.4 is 5.32 Å². The maximum Gasteiger partial charge on any atom is 0.442 e. The van der Waals surface area contributed by atoms with Gasteiger partial charge in [-0.25, -0.2) is 4.99 Å². The molecule has 1 aliphatic rings. The van der Waals surface area contributed by atoms with Crippen molar-refractivity contribution < 1.29 is 22.8 Å². The van der Waals surface area contributed by atoms with Crippen molar-refractivity contribution in [2.24, 2.45) is 4.99 Å². The summed E-state index contributed by atoms with van der Waals surface area (Å²) in [5.41, 5.74) is -3.38. The number of halogens is 4. The lowest BCUT2D eigenvalue weighted by molar-refractivity contribution is -0.196. The molecule has 0 saturated heterocycles. The number of benzene rings is 1. The molecule has 1 atom stereocenters. The van der Waals surface area contributed by atoms with E-state index in [0.717, 1.165) is 4.90 Å². The molecule has 0 aromatic heterocycles. The van der Waals surface area contributed by atoms with Crippen molar-refractivity contribution in [3.05, 3.63) is 34.9 Å². The second kappa shape index (κ2) is 6.08. The largest absolute Gasteiger partial charge is 0.442 e. The molecular formula is C15H15ClF3N3O2. The minimum absolute atomic E-state index is 0.0633. The number of nitrogens with zero attached hydrogens (tertiary/aromatic N) is 2. The molecule has 0 radical (unpaired) electrons. The molecular weight excluding hydrogens is 347 g/mol. The van der Waals surface area contributed by atoms with Gasteiger partial charge >= 0.3 is 11.8 Å². The van der Waals surface area contributed by atoms with E-state index in [2.05, 4.69) is 4.99 Å². The molecule has 1 aromatic carbocycles. The minimum Gasteiger partial charge on any atom is -0.312 e. The van der Waals surface area contributed by atoms with Crippen LogP contribution >= 0.6 is 11.6 Å². The number of hydrogen-bond acceptors (Lipinski definition) is 3. The molecule has 1 N–H and O–H groups in total. The van der Waals surface area contributed by atoms with Gasteiger partial charge in [-0.05, 0) is 45.0 Å². The Balaban J connectivity index is 2.43. The van der Waals surface area contributed by atoms with Crippen LogP contribution in [0.1, 0.15) is 31.1 Å². The maximum atomic E-state index is 13.6. The lowest BCUT2D eigenvalue weighted by Crippen LogP contribution is -2.64. The fourth-order valence-corrected chi connectivity index (χ4v) is 2.57. The molecule has 2 amide bonds. The Bertz CT molecular complexity index is 701. The van der Waals surface area contributed by atoms with Crippen LogP contribution in [0.4, 0.5) is 13.2 Å². The average Bonchev–Trinajstić information content (AvgIpc) is 2.70. The van der Waals surface area contributed by atoms with Crippen molar-refractivity contribution in [1.82, 2.24) is 10.2 Å². The Hall–Kier alpha value is -2.09. The molecule has 9 heteroatoms. The Labute approximate surface area is 141 Å². The second-order valence-electron chi connectivity index (χ2n) is 5.60. The summed E-state index contributed by atoms with van der Waals surface area (Å²) in [4.78, 5) is 29.0. The monoisotopic (exact) mass is 361 g/mol. The Morgan fingerprint density at radius 3 is 2.25 bits per heavy atom. The average molecular weight is 362 g/mol. The SMILES string of the molecule is CC1=NC(NC(=O)c2ccc(Cl)cc2)(C(F)(F)F)C(=O)N1C(C)C. The highest BCUT2D eigenvalue weighted by Crippen LogP contribution is 2.38. The number of alkyl halides is 3. The van der Waals surface area contributed by atoms with Gasteiger partial charge in [-0.3, -0.25) is 14.5 Å². The molecule has 24 heavy (non-hydrogen) atoms. The minimum atomic E-state index is -5.09. The first-order valence-corrected chi connectivity index (χ1v) is 7.42. The summed E-state index contributed by atoms with van der Waals surface area (Å²) < 4.78 is 40.9. The Morgan fingerprint density at radius 2 is 1.83 bits per heavy atom. The number of nitrogens with one attached hydrogen (secondary N) is 1. The van der Waals surface area contributed by atoms with E-state index < -0.39 is 29.7 Å². The topological polar surface area (TPSA) is 61.8 Å². The molecule has 0 saturated carbocycles. The van der Waals surface area contributed by atoms with E-state index >= 15 is 0 Å². The van der Waals surface area contributed by atoms with Crippen LogP contribution in [-0.4, -0.2) is 40.4 Å².